The second-order valence-corrected chi connectivity index (χ2v) is 22.0. The first-order chi connectivity index (χ1) is 36.3. The standard InChI is InChI=1S/C28H25F2N3O3S.C28H26F2N2O5S/c1-31-17-8-9-22-23(14-17)37-27(32-22)28(34)12-10-18(11-13-28)35-15-21-24(33-36-25(21)16-6-7-16)19-4-2-3-5-20(19)26(29)30;29-25(30)19-4-2-1-3-18(19)23-20(24(37-32-23)15-5-6-15)14-36-17-9-11-28(35,12-10-17)27-31-21-8-7-16(26(33)34)13-22(21)38-27/h2-5,8-9,14,16,18,26,34H,6-7,10-13,15H2;1-4,7-8,13,15,17,25,35H,5-6,9-12,14H2,(H,33,34). The highest BCUT2D eigenvalue weighted by Crippen LogP contribution is 2.49. The number of nitrogens with zero attached hydrogens (tertiary/aromatic N) is 5. The highest BCUT2D eigenvalue weighted by molar-refractivity contribution is 7.19. The van der Waals surface area contributed by atoms with Gasteiger partial charge in [0.15, 0.2) is 5.69 Å². The number of halogens is 4. The van der Waals surface area contributed by atoms with Crippen LogP contribution in [-0.4, -0.2) is 53.8 Å². The van der Waals surface area contributed by atoms with Crippen molar-refractivity contribution in [1.29, 1.82) is 0 Å². The lowest BCUT2D eigenvalue weighted by Crippen LogP contribution is -2.34. The van der Waals surface area contributed by atoms with Gasteiger partial charge >= 0.3 is 5.97 Å². The highest BCUT2D eigenvalue weighted by atomic mass is 32.1. The number of carbonyl (C=O) groups is 1. The Bertz CT molecular complexity index is 3420. The molecule has 4 aliphatic carbocycles. The topological polar surface area (TPSA) is 178 Å². The molecule has 0 aliphatic heterocycles. The van der Waals surface area contributed by atoms with Crippen molar-refractivity contribution in [3.63, 3.8) is 0 Å². The summed E-state index contributed by atoms with van der Waals surface area (Å²) >= 11 is 2.75. The first kappa shape index (κ1) is 50.7. The predicted molar refractivity (Wildman–Crippen MR) is 272 cm³/mol. The van der Waals surface area contributed by atoms with Crippen molar-refractivity contribution in [1.82, 2.24) is 20.3 Å². The number of aromatic carboxylic acids is 1. The minimum Gasteiger partial charge on any atom is -0.478 e. The van der Waals surface area contributed by atoms with Gasteiger partial charge in [-0.3, -0.25) is 0 Å². The molecule has 0 saturated heterocycles. The van der Waals surface area contributed by atoms with Crippen LogP contribution in [0.4, 0.5) is 23.2 Å². The fourth-order valence-corrected chi connectivity index (χ4v) is 12.5. The average molecular weight is 1060 g/mol. The van der Waals surface area contributed by atoms with E-state index in [2.05, 4.69) is 25.1 Å². The van der Waals surface area contributed by atoms with Crippen LogP contribution in [0.1, 0.15) is 156 Å². The van der Waals surface area contributed by atoms with Gasteiger partial charge in [-0.1, -0.05) is 64.9 Å². The van der Waals surface area contributed by atoms with Crippen LogP contribution in [0.3, 0.4) is 0 Å². The van der Waals surface area contributed by atoms with Gasteiger partial charge in [0.1, 0.15) is 44.1 Å². The van der Waals surface area contributed by atoms with Gasteiger partial charge < -0.3 is 33.8 Å². The molecule has 0 radical (unpaired) electrons. The maximum atomic E-state index is 13.7. The number of carboxylic acid groups (broad SMARTS) is 1. The van der Waals surface area contributed by atoms with Gasteiger partial charge in [-0.05, 0) is 107 Å². The predicted octanol–water partition coefficient (Wildman–Crippen LogP) is 14.5. The summed E-state index contributed by atoms with van der Waals surface area (Å²) in [7, 11) is 0. The number of hydrogen-bond donors (Lipinski definition) is 3. The van der Waals surface area contributed by atoms with E-state index in [0.29, 0.717) is 101 Å². The molecule has 4 heterocycles. The maximum Gasteiger partial charge on any atom is 0.335 e. The highest BCUT2D eigenvalue weighted by Gasteiger charge is 2.41. The molecule has 75 heavy (non-hydrogen) atoms. The quantitative estimate of drug-likeness (QED) is 0.0655. The number of fused-ring (bicyclic) bond motifs is 2. The van der Waals surface area contributed by atoms with Gasteiger partial charge in [-0.15, -0.1) is 22.7 Å². The summed E-state index contributed by atoms with van der Waals surface area (Å²) in [4.78, 5) is 24.0. The van der Waals surface area contributed by atoms with Crippen LogP contribution in [-0.2, 0) is 33.9 Å². The molecule has 388 valence electrons. The Labute approximate surface area is 436 Å². The smallest absolute Gasteiger partial charge is 0.335 e. The number of thiazole rings is 2. The summed E-state index contributed by atoms with van der Waals surface area (Å²) in [5.41, 5.74) is 2.95. The fourth-order valence-electron chi connectivity index (χ4n) is 10.2. The molecule has 4 aromatic heterocycles. The number of hydrogen-bond acceptors (Lipinski definition) is 13. The molecule has 3 N–H and O–H groups in total. The van der Waals surface area contributed by atoms with Crippen LogP contribution in [0.2, 0.25) is 0 Å². The monoisotopic (exact) mass is 1060 g/mol. The van der Waals surface area contributed by atoms with E-state index in [1.54, 1.807) is 54.6 Å². The number of rotatable bonds is 15. The molecule has 0 atom stereocenters. The summed E-state index contributed by atoms with van der Waals surface area (Å²) in [6.07, 6.45) is 2.89. The van der Waals surface area contributed by atoms with E-state index in [1.807, 2.05) is 12.1 Å². The van der Waals surface area contributed by atoms with Gasteiger partial charge in [-0.25, -0.2) is 37.2 Å². The molecular formula is C56H51F4N5O8S2. The Kier molecular flexibility index (Phi) is 14.2. The van der Waals surface area contributed by atoms with Crippen LogP contribution in [0, 0.1) is 6.57 Å². The van der Waals surface area contributed by atoms with Crippen molar-refractivity contribution in [2.45, 2.75) is 138 Å². The van der Waals surface area contributed by atoms with Gasteiger partial charge in [0.25, 0.3) is 12.9 Å². The third kappa shape index (κ3) is 10.6. The Hall–Kier alpha value is -6.40. The first-order valence-corrected chi connectivity index (χ1v) is 26.7. The summed E-state index contributed by atoms with van der Waals surface area (Å²) in [6.45, 7) is 7.63. The summed E-state index contributed by atoms with van der Waals surface area (Å²) < 4.78 is 80.2. The number of benzene rings is 4. The zero-order chi connectivity index (χ0) is 52.0. The molecule has 4 fully saturated rings. The van der Waals surface area contributed by atoms with E-state index < -0.39 is 30.0 Å². The minimum atomic E-state index is -2.63. The largest absolute Gasteiger partial charge is 0.478 e. The van der Waals surface area contributed by atoms with E-state index in [4.69, 9.17) is 25.1 Å². The number of alkyl halides is 4. The fraction of sp³-hybridized carbons (Fsp3) is 0.393. The second kappa shape index (κ2) is 21.0. The van der Waals surface area contributed by atoms with Crippen molar-refractivity contribution in [3.05, 3.63) is 146 Å². The van der Waals surface area contributed by atoms with Crippen molar-refractivity contribution in [2.24, 2.45) is 0 Å². The second-order valence-electron chi connectivity index (χ2n) is 19.9. The molecule has 0 unspecified atom stereocenters. The summed E-state index contributed by atoms with van der Waals surface area (Å²) in [6, 6.07) is 22.9. The lowest BCUT2D eigenvalue weighted by atomic mass is 9.83. The number of aromatic nitrogens is 4. The van der Waals surface area contributed by atoms with Crippen molar-refractivity contribution in [3.8, 4) is 22.5 Å². The van der Waals surface area contributed by atoms with Gasteiger partial charge in [-0.2, -0.15) is 0 Å². The molecule has 19 heteroatoms. The van der Waals surface area contributed by atoms with E-state index in [9.17, 15) is 37.7 Å². The molecule has 4 saturated carbocycles. The van der Waals surface area contributed by atoms with Crippen LogP contribution in [0.15, 0.2) is 94.0 Å². The van der Waals surface area contributed by atoms with Gasteiger partial charge in [0.2, 0.25) is 0 Å². The molecule has 13 nitrogen and oxygen atoms in total. The lowest BCUT2D eigenvalue weighted by molar-refractivity contribution is -0.0641. The van der Waals surface area contributed by atoms with Crippen LogP contribution in [0.5, 0.6) is 0 Å². The minimum absolute atomic E-state index is 0.0681. The van der Waals surface area contributed by atoms with Crippen molar-refractivity contribution < 1.29 is 56.2 Å². The number of ether oxygens (including phenoxy) is 2. The molecule has 0 bridgehead atoms. The van der Waals surface area contributed by atoms with Gasteiger partial charge in [0, 0.05) is 49.9 Å². The van der Waals surface area contributed by atoms with E-state index in [-0.39, 0.29) is 53.9 Å². The van der Waals surface area contributed by atoms with E-state index in [0.717, 1.165) is 57.5 Å². The molecule has 12 rings (SSSR count). The third-order valence-electron chi connectivity index (χ3n) is 14.8. The Morgan fingerprint density at radius 3 is 1.52 bits per heavy atom. The zero-order valence-electron chi connectivity index (χ0n) is 40.4. The number of aliphatic hydroxyl groups is 2. The average Bonchev–Trinajstić information content (AvgIpc) is 4.25. The van der Waals surface area contributed by atoms with Gasteiger partial charge in [0.05, 0.1) is 53.3 Å². The molecule has 4 aromatic carbocycles. The molecule has 0 amide bonds. The zero-order valence-corrected chi connectivity index (χ0v) is 42.0. The van der Waals surface area contributed by atoms with Crippen molar-refractivity contribution >= 4 is 54.8 Å². The summed E-state index contributed by atoms with van der Waals surface area (Å²) in [5.74, 6) is 0.950. The van der Waals surface area contributed by atoms with E-state index >= 15 is 0 Å². The van der Waals surface area contributed by atoms with Crippen LogP contribution in [0.25, 0.3) is 47.8 Å². The lowest BCUT2D eigenvalue weighted by Gasteiger charge is -2.34. The maximum absolute atomic E-state index is 13.7. The molecule has 8 aromatic rings. The Balaban J connectivity index is 0.000000161. The SMILES string of the molecule is O=C(O)c1ccc2nc(C3(O)CCC(OCc4c(-c5ccccc5C(F)F)noc4C4CC4)CC3)sc2c1.[C-]#[N+]c1ccc2nc(C3(O)CCC(OCc4c(-c5ccccc5C(F)F)noc4C4CC4)CC3)sc2c1. The first-order valence-electron chi connectivity index (χ1n) is 25.1. The number of carboxylic acids is 1. The molecule has 0 spiro atoms. The van der Waals surface area contributed by atoms with E-state index in [1.165, 1.54) is 40.9 Å². The van der Waals surface area contributed by atoms with Crippen LogP contribution >= 0.6 is 22.7 Å². The summed E-state index contributed by atoms with van der Waals surface area (Å²) in [5, 5.41) is 41.6. The Morgan fingerprint density at radius 1 is 0.653 bits per heavy atom. The third-order valence-corrected chi connectivity index (χ3v) is 17.2. The van der Waals surface area contributed by atoms with Crippen molar-refractivity contribution in [2.75, 3.05) is 0 Å². The molecule has 4 aliphatic rings. The normalized spacial score (nSPS) is 21.9. The van der Waals surface area contributed by atoms with Crippen LogP contribution < -0.4 is 0 Å². The Morgan fingerprint density at radius 2 is 1.09 bits per heavy atom. The molecular weight excluding hydrogens is 1010 g/mol.